The molecule has 2 heterocycles. The van der Waals surface area contributed by atoms with Gasteiger partial charge in [-0.3, -0.25) is 13.9 Å². The van der Waals surface area contributed by atoms with Crippen LogP contribution in [0.5, 0.6) is 0 Å². The molecule has 9 nitrogen and oxygen atoms in total. The maximum Gasteiger partial charge on any atom is 0.408 e. The summed E-state index contributed by atoms with van der Waals surface area (Å²) < 4.78 is 102. The zero-order valence-electron chi connectivity index (χ0n) is 25.5. The highest BCUT2D eigenvalue weighted by Crippen LogP contribution is 2.42. The molecule has 4 aromatic rings. The van der Waals surface area contributed by atoms with Crippen LogP contribution in [0.3, 0.4) is 0 Å². The van der Waals surface area contributed by atoms with Crippen LogP contribution in [0.15, 0.2) is 65.1 Å². The number of nitrogens with zero attached hydrogens (tertiary/aromatic N) is 2. The number of likely N-dealkylation sites (tertiary alicyclic amines) is 1. The molecule has 1 atom stereocenters. The van der Waals surface area contributed by atoms with E-state index in [1.165, 1.54) is 68.7 Å². The van der Waals surface area contributed by atoms with Gasteiger partial charge < -0.3 is 20.0 Å². The summed E-state index contributed by atoms with van der Waals surface area (Å²) in [4.78, 5) is 27.8. The average Bonchev–Trinajstić information content (AvgIpc) is 3.65. The van der Waals surface area contributed by atoms with E-state index in [2.05, 4.69) is 10.6 Å². The van der Waals surface area contributed by atoms with Crippen LogP contribution in [-0.2, 0) is 10.0 Å². The minimum absolute atomic E-state index is 0.0300. The molecule has 250 valence electrons. The summed E-state index contributed by atoms with van der Waals surface area (Å²) in [6.07, 6.45) is -4.06. The van der Waals surface area contributed by atoms with Crippen molar-refractivity contribution in [3.63, 3.8) is 0 Å². The predicted octanol–water partition coefficient (Wildman–Crippen LogP) is 5.37. The number of nitrogens with one attached hydrogen (secondary N) is 2. The smallest absolute Gasteiger partial charge is 0.408 e. The number of alkyl halides is 4. The van der Waals surface area contributed by atoms with Gasteiger partial charge in [0, 0.05) is 48.3 Å². The van der Waals surface area contributed by atoms with Gasteiger partial charge >= 0.3 is 6.18 Å². The fourth-order valence-electron chi connectivity index (χ4n) is 5.83. The number of anilines is 1. The van der Waals surface area contributed by atoms with Crippen molar-refractivity contribution in [2.75, 3.05) is 51.0 Å². The molecule has 0 bridgehead atoms. The standard InChI is InChI=1S/C32H31F5N4O5S/c1-38-29(42)27-24-16-23(20-5-4-6-21(15-20)30(43)40-13-11-31(18-40,39-2)32(35,36)37)25(41(14-12-33)47(3,44)45)17-26(24)46-28(27)19-7-9-22(34)10-8-19/h4-10,15-17,39H,11-14,18H2,1-3H3,(H,38,42). The van der Waals surface area contributed by atoms with Gasteiger partial charge in [-0.1, -0.05) is 12.1 Å². The van der Waals surface area contributed by atoms with Gasteiger partial charge in [0.05, 0.1) is 24.1 Å². The predicted molar refractivity (Wildman–Crippen MR) is 167 cm³/mol. The highest BCUT2D eigenvalue weighted by Gasteiger charge is 2.58. The Bertz CT molecular complexity index is 1950. The number of fused-ring (bicyclic) bond motifs is 1. The lowest BCUT2D eigenvalue weighted by molar-refractivity contribution is -0.190. The van der Waals surface area contributed by atoms with E-state index in [1.54, 1.807) is 6.07 Å². The molecule has 0 aliphatic carbocycles. The number of furan rings is 1. The molecule has 1 aliphatic rings. The number of rotatable bonds is 9. The number of benzene rings is 3. The number of amides is 2. The van der Waals surface area contributed by atoms with Crippen LogP contribution in [0.1, 0.15) is 27.1 Å². The molecule has 47 heavy (non-hydrogen) atoms. The third kappa shape index (κ3) is 6.29. The first-order chi connectivity index (χ1) is 22.1. The minimum atomic E-state index is -4.60. The van der Waals surface area contributed by atoms with Crippen molar-refractivity contribution in [1.29, 1.82) is 0 Å². The Morgan fingerprint density at radius 3 is 2.32 bits per heavy atom. The fraction of sp³-hybridized carbons (Fsp3) is 0.312. The monoisotopic (exact) mass is 678 g/mol. The number of carbonyl (C=O) groups is 2. The summed E-state index contributed by atoms with van der Waals surface area (Å²) in [5.74, 6) is -1.70. The van der Waals surface area contributed by atoms with Crippen LogP contribution < -0.4 is 14.9 Å². The Morgan fingerprint density at radius 1 is 1.04 bits per heavy atom. The molecular formula is C32H31F5N4O5S. The number of likely N-dealkylation sites (N-methyl/N-ethyl adjacent to an activating group) is 1. The Labute approximate surface area is 267 Å². The van der Waals surface area contributed by atoms with Gasteiger partial charge in [0.25, 0.3) is 11.8 Å². The van der Waals surface area contributed by atoms with Gasteiger partial charge in [-0.15, -0.1) is 0 Å². The first-order valence-electron chi connectivity index (χ1n) is 14.4. The number of hydrogen-bond donors (Lipinski definition) is 2. The molecule has 1 aromatic heterocycles. The summed E-state index contributed by atoms with van der Waals surface area (Å²) in [6, 6.07) is 13.8. The second-order valence-corrected chi connectivity index (χ2v) is 13.1. The van der Waals surface area contributed by atoms with E-state index in [-0.39, 0.29) is 57.6 Å². The molecule has 1 unspecified atom stereocenters. The van der Waals surface area contributed by atoms with Gasteiger partial charge in [0.1, 0.15) is 29.4 Å². The van der Waals surface area contributed by atoms with E-state index < -0.39 is 59.1 Å². The summed E-state index contributed by atoms with van der Waals surface area (Å²) >= 11 is 0. The molecule has 0 spiro atoms. The van der Waals surface area contributed by atoms with E-state index in [0.29, 0.717) is 5.56 Å². The van der Waals surface area contributed by atoms with Crippen LogP contribution >= 0.6 is 0 Å². The topological polar surface area (TPSA) is 112 Å². The Hall–Kier alpha value is -4.50. The minimum Gasteiger partial charge on any atom is -0.455 e. The van der Waals surface area contributed by atoms with E-state index >= 15 is 0 Å². The lowest BCUT2D eigenvalue weighted by atomic mass is 9.97. The maximum absolute atomic E-state index is 13.9. The highest BCUT2D eigenvalue weighted by atomic mass is 32.2. The van der Waals surface area contributed by atoms with Crippen molar-refractivity contribution in [3.05, 3.63) is 77.6 Å². The number of halogens is 5. The first kappa shape index (κ1) is 33.9. The molecule has 3 aromatic carbocycles. The summed E-state index contributed by atoms with van der Waals surface area (Å²) in [7, 11) is -1.50. The SMILES string of the molecule is CNC(=O)c1c(-c2ccc(F)cc2)oc2cc(N(CCF)S(C)(=O)=O)c(-c3cccc(C(=O)N4CCC(NC)(C(F)(F)F)C4)c3)cc12. The summed E-state index contributed by atoms with van der Waals surface area (Å²) in [6.45, 7) is -2.38. The molecular weight excluding hydrogens is 647 g/mol. The molecule has 1 fully saturated rings. The number of carbonyl (C=O) groups excluding carboxylic acids is 2. The molecule has 1 saturated heterocycles. The summed E-state index contributed by atoms with van der Waals surface area (Å²) in [5.41, 5.74) is -1.36. The normalized spacial score (nSPS) is 16.9. The highest BCUT2D eigenvalue weighted by molar-refractivity contribution is 7.92. The first-order valence-corrected chi connectivity index (χ1v) is 16.3. The second kappa shape index (κ2) is 12.6. The molecule has 2 N–H and O–H groups in total. The molecule has 2 amide bonds. The Morgan fingerprint density at radius 2 is 1.74 bits per heavy atom. The lowest BCUT2D eigenvalue weighted by Gasteiger charge is -2.31. The number of hydrogen-bond acceptors (Lipinski definition) is 6. The zero-order chi connectivity index (χ0) is 34.3. The van der Waals surface area contributed by atoms with Crippen molar-refractivity contribution in [3.8, 4) is 22.5 Å². The van der Waals surface area contributed by atoms with Gasteiger partial charge in [-0.25, -0.2) is 17.2 Å². The van der Waals surface area contributed by atoms with E-state index in [4.69, 9.17) is 4.42 Å². The van der Waals surface area contributed by atoms with Crippen LogP contribution in [0.4, 0.5) is 27.6 Å². The lowest BCUT2D eigenvalue weighted by Crippen LogP contribution is -2.57. The number of sulfonamides is 1. The van der Waals surface area contributed by atoms with Crippen molar-refractivity contribution in [1.82, 2.24) is 15.5 Å². The van der Waals surface area contributed by atoms with Gasteiger partial charge in [-0.2, -0.15) is 13.2 Å². The second-order valence-electron chi connectivity index (χ2n) is 11.2. The molecule has 1 aliphatic heterocycles. The van der Waals surface area contributed by atoms with Crippen LogP contribution in [0, 0.1) is 5.82 Å². The van der Waals surface area contributed by atoms with Crippen LogP contribution in [-0.4, -0.2) is 83.5 Å². The van der Waals surface area contributed by atoms with Gasteiger partial charge in [0.15, 0.2) is 0 Å². The van der Waals surface area contributed by atoms with Gasteiger partial charge in [0.2, 0.25) is 10.0 Å². The Balaban J connectivity index is 1.70. The van der Waals surface area contributed by atoms with E-state index in [0.717, 1.165) is 15.5 Å². The third-order valence-corrected chi connectivity index (χ3v) is 9.50. The Kier molecular flexibility index (Phi) is 9.08. The molecule has 15 heteroatoms. The molecule has 5 rings (SSSR count). The van der Waals surface area contributed by atoms with Gasteiger partial charge in [-0.05, 0) is 61.5 Å². The fourth-order valence-corrected chi connectivity index (χ4v) is 6.74. The van der Waals surface area contributed by atoms with Crippen molar-refractivity contribution < 1.29 is 44.4 Å². The quantitative estimate of drug-likeness (QED) is 0.231. The molecule has 0 saturated carbocycles. The van der Waals surface area contributed by atoms with E-state index in [1.807, 2.05) is 0 Å². The van der Waals surface area contributed by atoms with Crippen molar-refractivity contribution in [2.24, 2.45) is 0 Å². The largest absolute Gasteiger partial charge is 0.455 e. The zero-order valence-corrected chi connectivity index (χ0v) is 26.4. The van der Waals surface area contributed by atoms with Crippen LogP contribution in [0.2, 0.25) is 0 Å². The summed E-state index contributed by atoms with van der Waals surface area (Å²) in [5, 5.41) is 5.09. The van der Waals surface area contributed by atoms with Crippen molar-refractivity contribution >= 4 is 38.5 Å². The average molecular weight is 679 g/mol. The third-order valence-electron chi connectivity index (χ3n) is 8.32. The molecule has 0 radical (unpaired) electrons. The van der Waals surface area contributed by atoms with Crippen molar-refractivity contribution in [2.45, 2.75) is 18.1 Å². The van der Waals surface area contributed by atoms with Crippen LogP contribution in [0.25, 0.3) is 33.4 Å². The van der Waals surface area contributed by atoms with E-state index in [9.17, 15) is 40.0 Å². The maximum atomic E-state index is 13.9.